The molecule has 0 saturated heterocycles. The molecule has 0 amide bonds. The van der Waals surface area contributed by atoms with Gasteiger partial charge in [-0.2, -0.15) is 0 Å². The van der Waals surface area contributed by atoms with E-state index >= 15 is 0 Å². The van der Waals surface area contributed by atoms with Crippen molar-refractivity contribution < 1.29 is 5.11 Å². The first-order valence-electron chi connectivity index (χ1n) is 7.10. The van der Waals surface area contributed by atoms with Gasteiger partial charge in [-0.3, -0.25) is 0 Å². The summed E-state index contributed by atoms with van der Waals surface area (Å²) in [6.45, 7) is 9.29. The van der Waals surface area contributed by atoms with Crippen molar-refractivity contribution in [3.05, 3.63) is 0 Å². The maximum Gasteiger partial charge on any atom is 0.0708 e. The number of rotatable bonds is 2. The van der Waals surface area contributed by atoms with E-state index in [1.54, 1.807) is 0 Å². The molecule has 94 valence electrons. The molecule has 0 aliphatic heterocycles. The van der Waals surface area contributed by atoms with Crippen LogP contribution in [0.5, 0.6) is 0 Å². The maximum atomic E-state index is 10.5. The first kappa shape index (κ1) is 12.4. The highest BCUT2D eigenvalue weighted by atomic mass is 16.3. The second kappa shape index (κ2) is 4.01. The van der Waals surface area contributed by atoms with Crippen LogP contribution in [0.15, 0.2) is 0 Å². The minimum atomic E-state index is -0.252. The molecule has 2 atom stereocenters. The third kappa shape index (κ3) is 2.16. The molecule has 0 radical (unpaired) electrons. The van der Waals surface area contributed by atoms with Gasteiger partial charge >= 0.3 is 0 Å². The van der Waals surface area contributed by atoms with Gasteiger partial charge in [-0.15, -0.1) is 0 Å². The summed E-state index contributed by atoms with van der Waals surface area (Å²) in [7, 11) is 0. The maximum absolute atomic E-state index is 10.5. The van der Waals surface area contributed by atoms with Crippen molar-refractivity contribution >= 4 is 0 Å². The van der Waals surface area contributed by atoms with Crippen molar-refractivity contribution in [1.82, 2.24) is 0 Å². The van der Waals surface area contributed by atoms with Crippen molar-refractivity contribution in [3.8, 4) is 0 Å². The molecule has 2 fully saturated rings. The standard InChI is InChI=1S/C15H28O/c1-5-11-10-15(11,16)13-8-6-12(7-9-13)14(2,3)4/h11-13,16H,5-10H2,1-4H3. The average Bonchev–Trinajstić information content (AvgIpc) is 2.90. The van der Waals surface area contributed by atoms with E-state index in [1.165, 1.54) is 25.7 Å². The van der Waals surface area contributed by atoms with Crippen molar-refractivity contribution in [2.75, 3.05) is 0 Å². The van der Waals surface area contributed by atoms with Crippen LogP contribution in [-0.2, 0) is 0 Å². The largest absolute Gasteiger partial charge is 0.389 e. The Labute approximate surface area is 101 Å². The van der Waals surface area contributed by atoms with Crippen LogP contribution in [0.3, 0.4) is 0 Å². The minimum absolute atomic E-state index is 0.252. The van der Waals surface area contributed by atoms with Crippen LogP contribution >= 0.6 is 0 Å². The van der Waals surface area contributed by atoms with Crippen LogP contribution in [0.25, 0.3) is 0 Å². The summed E-state index contributed by atoms with van der Waals surface area (Å²) in [5.41, 5.74) is 0.207. The first-order chi connectivity index (χ1) is 7.38. The Bertz CT molecular complexity index is 245. The van der Waals surface area contributed by atoms with Crippen molar-refractivity contribution in [3.63, 3.8) is 0 Å². The van der Waals surface area contributed by atoms with E-state index in [0.717, 1.165) is 18.8 Å². The minimum Gasteiger partial charge on any atom is -0.389 e. The van der Waals surface area contributed by atoms with Gasteiger partial charge < -0.3 is 5.11 Å². The lowest BCUT2D eigenvalue weighted by molar-refractivity contribution is 0.0221. The van der Waals surface area contributed by atoms with E-state index in [0.29, 0.717) is 17.3 Å². The van der Waals surface area contributed by atoms with Gasteiger partial charge in [0.05, 0.1) is 5.60 Å². The van der Waals surface area contributed by atoms with Crippen LogP contribution in [0, 0.1) is 23.2 Å². The van der Waals surface area contributed by atoms with Gasteiger partial charge in [0.25, 0.3) is 0 Å². The predicted octanol–water partition coefficient (Wildman–Crippen LogP) is 4.00. The Balaban J connectivity index is 1.87. The molecule has 0 aromatic carbocycles. The molecular formula is C15H28O. The molecule has 16 heavy (non-hydrogen) atoms. The lowest BCUT2D eigenvalue weighted by Crippen LogP contribution is -2.32. The lowest BCUT2D eigenvalue weighted by Gasteiger charge is -2.38. The predicted molar refractivity (Wildman–Crippen MR) is 68.3 cm³/mol. The van der Waals surface area contributed by atoms with Crippen molar-refractivity contribution in [2.45, 2.75) is 71.8 Å². The number of aliphatic hydroxyl groups is 1. The van der Waals surface area contributed by atoms with Crippen LogP contribution in [0.2, 0.25) is 0 Å². The zero-order valence-electron chi connectivity index (χ0n) is 11.4. The van der Waals surface area contributed by atoms with Crippen LogP contribution < -0.4 is 0 Å². The first-order valence-corrected chi connectivity index (χ1v) is 7.10. The van der Waals surface area contributed by atoms with Gasteiger partial charge in [0, 0.05) is 0 Å². The Morgan fingerprint density at radius 2 is 1.69 bits per heavy atom. The second-order valence-corrected chi connectivity index (χ2v) is 7.22. The summed E-state index contributed by atoms with van der Waals surface area (Å²) < 4.78 is 0. The average molecular weight is 224 g/mol. The molecule has 0 heterocycles. The Morgan fingerprint density at radius 3 is 2.06 bits per heavy atom. The highest BCUT2D eigenvalue weighted by Crippen LogP contribution is 2.56. The third-order valence-electron chi connectivity index (χ3n) is 5.27. The Morgan fingerprint density at radius 1 is 1.12 bits per heavy atom. The van der Waals surface area contributed by atoms with E-state index in [9.17, 15) is 5.11 Å². The van der Waals surface area contributed by atoms with E-state index in [2.05, 4.69) is 27.7 Å². The Hall–Kier alpha value is -0.0400. The van der Waals surface area contributed by atoms with Gasteiger partial charge in [-0.05, 0) is 55.3 Å². The third-order valence-corrected chi connectivity index (χ3v) is 5.27. The summed E-state index contributed by atoms with van der Waals surface area (Å²) in [4.78, 5) is 0. The summed E-state index contributed by atoms with van der Waals surface area (Å²) >= 11 is 0. The molecule has 1 heteroatoms. The molecule has 2 unspecified atom stereocenters. The SMILES string of the molecule is CCC1CC1(O)C1CCC(C(C)(C)C)CC1. The number of hydrogen-bond donors (Lipinski definition) is 1. The molecule has 0 aromatic heterocycles. The van der Waals surface area contributed by atoms with Gasteiger partial charge in [0.2, 0.25) is 0 Å². The molecule has 2 saturated carbocycles. The fourth-order valence-electron chi connectivity index (χ4n) is 3.79. The lowest BCUT2D eigenvalue weighted by atomic mass is 9.68. The van der Waals surface area contributed by atoms with Crippen LogP contribution in [0.1, 0.15) is 66.2 Å². The van der Waals surface area contributed by atoms with E-state index in [4.69, 9.17) is 0 Å². The van der Waals surface area contributed by atoms with E-state index < -0.39 is 0 Å². The second-order valence-electron chi connectivity index (χ2n) is 7.22. The fraction of sp³-hybridized carbons (Fsp3) is 1.00. The summed E-state index contributed by atoms with van der Waals surface area (Å²) in [6, 6.07) is 0. The smallest absolute Gasteiger partial charge is 0.0708 e. The fourth-order valence-corrected chi connectivity index (χ4v) is 3.79. The van der Waals surface area contributed by atoms with Gasteiger partial charge in [-0.25, -0.2) is 0 Å². The van der Waals surface area contributed by atoms with E-state index in [1.807, 2.05) is 0 Å². The zero-order chi connectivity index (χ0) is 12.0. The highest BCUT2D eigenvalue weighted by Gasteiger charge is 2.56. The quantitative estimate of drug-likeness (QED) is 0.751. The summed E-state index contributed by atoms with van der Waals surface area (Å²) in [5.74, 6) is 2.09. The molecule has 1 N–H and O–H groups in total. The molecule has 0 aromatic rings. The molecule has 0 bridgehead atoms. The van der Waals surface area contributed by atoms with E-state index in [-0.39, 0.29) is 5.60 Å². The van der Waals surface area contributed by atoms with Gasteiger partial charge in [0.1, 0.15) is 0 Å². The van der Waals surface area contributed by atoms with Gasteiger partial charge in [-0.1, -0.05) is 34.1 Å². The monoisotopic (exact) mass is 224 g/mol. The Kier molecular flexibility index (Phi) is 3.11. The summed E-state index contributed by atoms with van der Waals surface area (Å²) in [5, 5.41) is 10.5. The molecule has 0 spiro atoms. The summed E-state index contributed by atoms with van der Waals surface area (Å²) in [6.07, 6.45) is 7.41. The topological polar surface area (TPSA) is 20.2 Å². The normalized spacial score (nSPS) is 44.4. The van der Waals surface area contributed by atoms with Crippen molar-refractivity contribution in [2.24, 2.45) is 23.2 Å². The van der Waals surface area contributed by atoms with Crippen LogP contribution in [0.4, 0.5) is 0 Å². The highest BCUT2D eigenvalue weighted by molar-refractivity contribution is 5.07. The molecule has 1 nitrogen and oxygen atoms in total. The zero-order valence-corrected chi connectivity index (χ0v) is 11.4. The molecule has 2 aliphatic rings. The molecule has 2 aliphatic carbocycles. The molecular weight excluding hydrogens is 196 g/mol. The van der Waals surface area contributed by atoms with Crippen molar-refractivity contribution in [1.29, 1.82) is 0 Å². The van der Waals surface area contributed by atoms with Crippen LogP contribution in [-0.4, -0.2) is 10.7 Å². The number of hydrogen-bond acceptors (Lipinski definition) is 1. The van der Waals surface area contributed by atoms with Gasteiger partial charge in [0.15, 0.2) is 0 Å². The molecule has 2 rings (SSSR count).